The van der Waals surface area contributed by atoms with E-state index in [0.717, 1.165) is 33.1 Å². The van der Waals surface area contributed by atoms with Crippen molar-refractivity contribution in [1.82, 2.24) is 10.3 Å². The number of carbonyl (C=O) groups excluding carboxylic acids is 1. The largest absolute Gasteiger partial charge is 0.361 e. The predicted octanol–water partition coefficient (Wildman–Crippen LogP) is 2.43. The van der Waals surface area contributed by atoms with Gasteiger partial charge in [-0.2, -0.15) is 0 Å². The van der Waals surface area contributed by atoms with Crippen LogP contribution in [0, 0.1) is 5.82 Å². The van der Waals surface area contributed by atoms with Crippen molar-refractivity contribution in [3.8, 4) is 0 Å². The normalized spacial score (nSPS) is 11.5. The lowest BCUT2D eigenvalue weighted by Crippen LogP contribution is -2.41. The molecular weight excluding hydrogens is 369 g/mol. The topological polar surface area (TPSA) is 82.3 Å². The standard InChI is InChI=1S/C19H20FN3O3S/c1-27(25,26)23(16-6-4-5-15(20)11-16)13-19(24)21-10-9-14-12-22-18-8-3-2-7-17(14)18/h2-8,11-12,22H,9-10,13H2,1H3,(H,21,24). The van der Waals surface area contributed by atoms with Crippen LogP contribution >= 0.6 is 0 Å². The van der Waals surface area contributed by atoms with Gasteiger partial charge in [0.2, 0.25) is 15.9 Å². The molecule has 3 rings (SSSR count). The van der Waals surface area contributed by atoms with E-state index >= 15 is 0 Å². The van der Waals surface area contributed by atoms with E-state index in [0.29, 0.717) is 13.0 Å². The Morgan fingerprint density at radius 2 is 1.96 bits per heavy atom. The number of H-pyrrole nitrogens is 1. The zero-order chi connectivity index (χ0) is 19.4. The van der Waals surface area contributed by atoms with Crippen molar-refractivity contribution in [2.75, 3.05) is 23.7 Å². The first-order valence-electron chi connectivity index (χ1n) is 8.39. The van der Waals surface area contributed by atoms with Crippen LogP contribution in [0.5, 0.6) is 0 Å². The molecule has 1 heterocycles. The molecule has 3 aromatic rings. The molecule has 0 unspecified atom stereocenters. The smallest absolute Gasteiger partial charge is 0.240 e. The van der Waals surface area contributed by atoms with Crippen LogP contribution in [0.2, 0.25) is 0 Å². The zero-order valence-corrected chi connectivity index (χ0v) is 15.6. The number of aromatic nitrogens is 1. The number of carbonyl (C=O) groups is 1. The summed E-state index contributed by atoms with van der Waals surface area (Å²) < 4.78 is 38.3. The Morgan fingerprint density at radius 3 is 2.70 bits per heavy atom. The van der Waals surface area contributed by atoms with Crippen LogP contribution in [0.15, 0.2) is 54.7 Å². The van der Waals surface area contributed by atoms with Crippen LogP contribution in [0.25, 0.3) is 10.9 Å². The molecule has 0 aliphatic heterocycles. The molecule has 8 heteroatoms. The molecule has 2 aromatic carbocycles. The van der Waals surface area contributed by atoms with Gasteiger partial charge in [0.05, 0.1) is 11.9 Å². The highest BCUT2D eigenvalue weighted by atomic mass is 32.2. The summed E-state index contributed by atoms with van der Waals surface area (Å²) in [5.41, 5.74) is 2.20. The maximum atomic E-state index is 13.4. The van der Waals surface area contributed by atoms with E-state index in [1.54, 1.807) is 0 Å². The monoisotopic (exact) mass is 389 g/mol. The van der Waals surface area contributed by atoms with E-state index in [9.17, 15) is 17.6 Å². The maximum absolute atomic E-state index is 13.4. The second kappa shape index (κ2) is 7.79. The van der Waals surface area contributed by atoms with Gasteiger partial charge in [0.25, 0.3) is 0 Å². The number of anilines is 1. The number of halogens is 1. The van der Waals surface area contributed by atoms with E-state index in [-0.39, 0.29) is 5.69 Å². The Hall–Kier alpha value is -2.87. The van der Waals surface area contributed by atoms with Gasteiger partial charge in [0, 0.05) is 23.6 Å². The number of nitrogens with one attached hydrogen (secondary N) is 2. The van der Waals surface area contributed by atoms with E-state index in [1.165, 1.54) is 18.2 Å². The highest BCUT2D eigenvalue weighted by Crippen LogP contribution is 2.19. The van der Waals surface area contributed by atoms with Crippen molar-refractivity contribution >= 4 is 32.5 Å². The molecule has 0 saturated carbocycles. The fourth-order valence-electron chi connectivity index (χ4n) is 2.89. The Balaban J connectivity index is 1.63. The zero-order valence-electron chi connectivity index (χ0n) is 14.8. The lowest BCUT2D eigenvalue weighted by molar-refractivity contribution is -0.119. The SMILES string of the molecule is CS(=O)(=O)N(CC(=O)NCCc1c[nH]c2ccccc12)c1cccc(F)c1. The highest BCUT2D eigenvalue weighted by molar-refractivity contribution is 7.92. The molecule has 0 saturated heterocycles. The van der Waals surface area contributed by atoms with Crippen molar-refractivity contribution in [2.24, 2.45) is 0 Å². The molecule has 1 amide bonds. The number of fused-ring (bicyclic) bond motifs is 1. The third kappa shape index (κ3) is 4.65. The van der Waals surface area contributed by atoms with Crippen LogP contribution in [-0.4, -0.2) is 38.7 Å². The van der Waals surface area contributed by atoms with Crippen molar-refractivity contribution in [1.29, 1.82) is 0 Å². The molecule has 0 radical (unpaired) electrons. The summed E-state index contributed by atoms with van der Waals surface area (Å²) >= 11 is 0. The summed E-state index contributed by atoms with van der Waals surface area (Å²) in [6.07, 6.45) is 3.48. The molecule has 27 heavy (non-hydrogen) atoms. The molecule has 6 nitrogen and oxygen atoms in total. The van der Waals surface area contributed by atoms with Crippen LogP contribution in [0.1, 0.15) is 5.56 Å². The molecular formula is C19H20FN3O3S. The Bertz CT molecular complexity index is 1060. The fraction of sp³-hybridized carbons (Fsp3) is 0.211. The minimum absolute atomic E-state index is 0.115. The van der Waals surface area contributed by atoms with Gasteiger partial charge in [-0.05, 0) is 36.2 Å². The summed E-state index contributed by atoms with van der Waals surface area (Å²) in [5, 5.41) is 3.81. The third-order valence-corrected chi connectivity index (χ3v) is 5.32. The van der Waals surface area contributed by atoms with Gasteiger partial charge < -0.3 is 10.3 Å². The number of amides is 1. The number of para-hydroxylation sites is 1. The van der Waals surface area contributed by atoms with Gasteiger partial charge in [-0.15, -0.1) is 0 Å². The number of sulfonamides is 1. The van der Waals surface area contributed by atoms with Gasteiger partial charge >= 0.3 is 0 Å². The summed E-state index contributed by atoms with van der Waals surface area (Å²) in [7, 11) is -3.73. The summed E-state index contributed by atoms with van der Waals surface area (Å²) in [4.78, 5) is 15.4. The second-order valence-electron chi connectivity index (χ2n) is 6.21. The number of nitrogens with zero attached hydrogens (tertiary/aromatic N) is 1. The van der Waals surface area contributed by atoms with Gasteiger partial charge in [0.1, 0.15) is 12.4 Å². The van der Waals surface area contributed by atoms with Crippen LogP contribution in [0.4, 0.5) is 10.1 Å². The highest BCUT2D eigenvalue weighted by Gasteiger charge is 2.21. The van der Waals surface area contributed by atoms with Crippen LogP contribution < -0.4 is 9.62 Å². The molecule has 0 aliphatic rings. The van der Waals surface area contributed by atoms with Crippen molar-refractivity contribution in [3.05, 3.63) is 66.1 Å². The number of benzene rings is 2. The quantitative estimate of drug-likeness (QED) is 0.651. The number of aromatic amines is 1. The Labute approximate surface area is 157 Å². The van der Waals surface area contributed by atoms with Crippen molar-refractivity contribution in [3.63, 3.8) is 0 Å². The van der Waals surface area contributed by atoms with Crippen LogP contribution in [-0.2, 0) is 21.2 Å². The number of hydrogen-bond donors (Lipinski definition) is 2. The average Bonchev–Trinajstić information content (AvgIpc) is 3.02. The number of hydrogen-bond acceptors (Lipinski definition) is 3. The van der Waals surface area contributed by atoms with E-state index < -0.39 is 28.3 Å². The van der Waals surface area contributed by atoms with Gasteiger partial charge in [0.15, 0.2) is 0 Å². The molecule has 0 aliphatic carbocycles. The van der Waals surface area contributed by atoms with Crippen molar-refractivity contribution in [2.45, 2.75) is 6.42 Å². The first-order chi connectivity index (χ1) is 12.8. The minimum Gasteiger partial charge on any atom is -0.361 e. The lowest BCUT2D eigenvalue weighted by atomic mass is 10.1. The van der Waals surface area contributed by atoms with Crippen LogP contribution in [0.3, 0.4) is 0 Å². The summed E-state index contributed by atoms with van der Waals surface area (Å²) in [6.45, 7) is -0.0440. The maximum Gasteiger partial charge on any atom is 0.240 e. The first-order valence-corrected chi connectivity index (χ1v) is 10.2. The lowest BCUT2D eigenvalue weighted by Gasteiger charge is -2.21. The summed E-state index contributed by atoms with van der Waals surface area (Å²) in [6, 6.07) is 13.0. The van der Waals surface area contributed by atoms with Gasteiger partial charge in [-0.1, -0.05) is 24.3 Å². The second-order valence-corrected chi connectivity index (χ2v) is 8.12. The molecule has 0 fully saturated rings. The average molecular weight is 389 g/mol. The van der Waals surface area contributed by atoms with Gasteiger partial charge in [-0.25, -0.2) is 12.8 Å². The molecule has 142 valence electrons. The molecule has 0 bridgehead atoms. The molecule has 1 aromatic heterocycles. The van der Waals surface area contributed by atoms with Gasteiger partial charge in [-0.3, -0.25) is 9.10 Å². The van der Waals surface area contributed by atoms with E-state index in [2.05, 4.69) is 10.3 Å². The predicted molar refractivity (Wildman–Crippen MR) is 104 cm³/mol. The Morgan fingerprint density at radius 1 is 1.19 bits per heavy atom. The van der Waals surface area contributed by atoms with Crippen molar-refractivity contribution < 1.29 is 17.6 Å². The van der Waals surface area contributed by atoms with E-state index in [1.807, 2.05) is 30.5 Å². The fourth-order valence-corrected chi connectivity index (χ4v) is 3.74. The third-order valence-electron chi connectivity index (χ3n) is 4.18. The molecule has 2 N–H and O–H groups in total. The molecule has 0 atom stereocenters. The summed E-state index contributed by atoms with van der Waals surface area (Å²) in [5.74, 6) is -1.02. The number of rotatable bonds is 7. The Kier molecular flexibility index (Phi) is 5.46. The molecule has 0 spiro atoms. The minimum atomic E-state index is -3.73. The first kappa shape index (κ1) is 18.9. The van der Waals surface area contributed by atoms with E-state index in [4.69, 9.17) is 0 Å².